The molecule has 3 aromatic rings. The molecule has 34 heavy (non-hydrogen) atoms. The molecule has 0 aromatic heterocycles. The summed E-state index contributed by atoms with van der Waals surface area (Å²) >= 11 is 18.5. The Hall–Kier alpha value is -2.29. The van der Waals surface area contributed by atoms with E-state index >= 15 is 0 Å². The van der Waals surface area contributed by atoms with Crippen molar-refractivity contribution in [2.45, 2.75) is 24.4 Å². The highest BCUT2D eigenvalue weighted by molar-refractivity contribution is 7.89. The molecule has 6 nitrogen and oxygen atoms in total. The van der Waals surface area contributed by atoms with Gasteiger partial charge in [-0.15, -0.1) is 0 Å². The minimum atomic E-state index is -4.07. The van der Waals surface area contributed by atoms with Crippen LogP contribution in [0, 0.1) is 0 Å². The first-order valence-electron chi connectivity index (χ1n) is 10.2. The van der Waals surface area contributed by atoms with Crippen LogP contribution >= 0.6 is 34.8 Å². The average molecular weight is 542 g/mol. The monoisotopic (exact) mass is 540 g/mol. The smallest absolute Gasteiger partial charge is 0.243 e. The lowest BCUT2D eigenvalue weighted by molar-refractivity contribution is -0.122. The van der Waals surface area contributed by atoms with Crippen molar-refractivity contribution in [2.75, 3.05) is 13.7 Å². The number of hydrogen-bond acceptors (Lipinski definition) is 4. The number of carbonyl (C=O) groups is 1. The van der Waals surface area contributed by atoms with Gasteiger partial charge in [-0.1, -0.05) is 53.0 Å². The maximum Gasteiger partial charge on any atom is 0.243 e. The number of benzene rings is 3. The van der Waals surface area contributed by atoms with Crippen molar-refractivity contribution in [3.8, 4) is 5.75 Å². The third-order valence-electron chi connectivity index (χ3n) is 5.16. The fraction of sp³-hybridized carbons (Fsp3) is 0.208. The van der Waals surface area contributed by atoms with Crippen molar-refractivity contribution in [1.82, 2.24) is 9.62 Å². The normalized spacial score (nSPS) is 12.4. The van der Waals surface area contributed by atoms with Crippen LogP contribution in [0.2, 0.25) is 15.1 Å². The van der Waals surface area contributed by atoms with Crippen molar-refractivity contribution in [1.29, 1.82) is 0 Å². The second kappa shape index (κ2) is 11.4. The van der Waals surface area contributed by atoms with E-state index in [1.165, 1.54) is 24.3 Å². The van der Waals surface area contributed by atoms with Gasteiger partial charge in [0.2, 0.25) is 15.9 Å². The molecule has 0 fully saturated rings. The van der Waals surface area contributed by atoms with Crippen molar-refractivity contribution in [3.63, 3.8) is 0 Å². The van der Waals surface area contributed by atoms with Crippen LogP contribution in [0.4, 0.5) is 0 Å². The molecule has 0 saturated carbocycles. The van der Waals surface area contributed by atoms with E-state index in [2.05, 4.69) is 5.32 Å². The molecule has 0 radical (unpaired) electrons. The number of hydrogen-bond donors (Lipinski definition) is 1. The molecule has 1 N–H and O–H groups in total. The molecule has 0 unspecified atom stereocenters. The van der Waals surface area contributed by atoms with Gasteiger partial charge in [-0.2, -0.15) is 4.31 Å². The SMILES string of the molecule is COc1ccc([C@H](C)NC(=O)CN(Cc2c(Cl)cccc2Cl)S(=O)(=O)c2ccc(Cl)cc2)cc1. The molecule has 0 spiro atoms. The van der Waals surface area contributed by atoms with E-state index in [-0.39, 0.29) is 17.5 Å². The molecule has 10 heteroatoms. The average Bonchev–Trinajstić information content (AvgIpc) is 2.81. The summed E-state index contributed by atoms with van der Waals surface area (Å²) in [4.78, 5) is 12.9. The Bertz CT molecular complexity index is 1230. The summed E-state index contributed by atoms with van der Waals surface area (Å²) in [6.07, 6.45) is 0. The molecule has 0 bridgehead atoms. The predicted molar refractivity (Wildman–Crippen MR) is 135 cm³/mol. The highest BCUT2D eigenvalue weighted by Gasteiger charge is 2.29. The standard InChI is InChI=1S/C24H23Cl3N2O4S/c1-16(17-6-10-19(33-2)11-7-17)28-24(30)15-29(14-21-22(26)4-3-5-23(21)27)34(31,32)20-12-8-18(25)9-13-20/h3-13,16H,14-15H2,1-2H3,(H,28,30)/t16-/m0/s1. The van der Waals surface area contributed by atoms with Crippen LogP contribution in [-0.2, 0) is 21.4 Å². The zero-order valence-electron chi connectivity index (χ0n) is 18.5. The molecular weight excluding hydrogens is 519 g/mol. The second-order valence-electron chi connectivity index (χ2n) is 7.49. The largest absolute Gasteiger partial charge is 0.497 e. The molecule has 1 amide bonds. The summed E-state index contributed by atoms with van der Waals surface area (Å²) in [6.45, 7) is 1.18. The summed E-state index contributed by atoms with van der Waals surface area (Å²) < 4.78 is 33.1. The van der Waals surface area contributed by atoms with E-state index in [4.69, 9.17) is 39.5 Å². The molecule has 1 atom stereocenters. The number of ether oxygens (including phenoxy) is 1. The maximum absolute atomic E-state index is 13.4. The van der Waals surface area contributed by atoms with Crippen LogP contribution in [0.3, 0.4) is 0 Å². The van der Waals surface area contributed by atoms with Crippen molar-refractivity contribution >= 4 is 50.7 Å². The quantitative estimate of drug-likeness (QED) is 0.376. The third-order valence-corrected chi connectivity index (χ3v) is 7.93. The van der Waals surface area contributed by atoms with Crippen LogP contribution < -0.4 is 10.1 Å². The number of rotatable bonds is 9. The van der Waals surface area contributed by atoms with Crippen molar-refractivity contribution < 1.29 is 17.9 Å². The van der Waals surface area contributed by atoms with E-state index in [0.29, 0.717) is 26.4 Å². The molecule has 3 rings (SSSR count). The van der Waals surface area contributed by atoms with Gasteiger partial charge < -0.3 is 10.1 Å². The predicted octanol–water partition coefficient (Wildman–Crippen LogP) is 5.72. The number of methoxy groups -OCH3 is 1. The molecular formula is C24H23Cl3N2O4S. The van der Waals surface area contributed by atoms with Gasteiger partial charge in [0.1, 0.15) is 5.75 Å². The minimum absolute atomic E-state index is 0.00363. The molecule has 0 heterocycles. The summed E-state index contributed by atoms with van der Waals surface area (Å²) in [6, 6.07) is 17.5. The van der Waals surface area contributed by atoms with E-state index in [9.17, 15) is 13.2 Å². The van der Waals surface area contributed by atoms with Gasteiger partial charge in [0.25, 0.3) is 0 Å². The lowest BCUT2D eigenvalue weighted by Crippen LogP contribution is -2.41. The van der Waals surface area contributed by atoms with E-state index in [1.54, 1.807) is 37.4 Å². The number of sulfonamides is 1. The van der Waals surface area contributed by atoms with Crippen molar-refractivity contribution in [2.24, 2.45) is 0 Å². The van der Waals surface area contributed by atoms with Gasteiger partial charge in [0, 0.05) is 27.2 Å². The number of nitrogens with one attached hydrogen (secondary N) is 1. The number of nitrogens with zero attached hydrogens (tertiary/aromatic N) is 1. The summed E-state index contributed by atoms with van der Waals surface area (Å²) in [5.41, 5.74) is 1.25. The second-order valence-corrected chi connectivity index (χ2v) is 10.7. The Morgan fingerprint density at radius 1 is 0.971 bits per heavy atom. The zero-order chi connectivity index (χ0) is 24.9. The lowest BCUT2D eigenvalue weighted by Gasteiger charge is -2.24. The summed E-state index contributed by atoms with van der Waals surface area (Å²) in [5.74, 6) is 0.211. The molecule has 0 saturated heterocycles. The highest BCUT2D eigenvalue weighted by Crippen LogP contribution is 2.28. The third kappa shape index (κ3) is 6.43. The number of amides is 1. The summed E-state index contributed by atoms with van der Waals surface area (Å²) in [5, 5.41) is 3.84. The molecule has 3 aromatic carbocycles. The number of halogens is 3. The molecule has 0 aliphatic heterocycles. The maximum atomic E-state index is 13.4. The topological polar surface area (TPSA) is 75.7 Å². The molecule has 180 valence electrons. The Kier molecular flexibility index (Phi) is 8.84. The minimum Gasteiger partial charge on any atom is -0.497 e. The lowest BCUT2D eigenvalue weighted by atomic mass is 10.1. The van der Waals surface area contributed by atoms with Gasteiger partial charge >= 0.3 is 0 Å². The first-order valence-corrected chi connectivity index (χ1v) is 12.8. The summed E-state index contributed by atoms with van der Waals surface area (Å²) in [7, 11) is -2.50. The Balaban J connectivity index is 1.86. The first-order chi connectivity index (χ1) is 16.1. The van der Waals surface area contributed by atoms with Crippen LogP contribution in [0.1, 0.15) is 24.1 Å². The van der Waals surface area contributed by atoms with Gasteiger partial charge in [0.15, 0.2) is 0 Å². The Labute approximate surface area is 214 Å². The molecule has 0 aliphatic carbocycles. The first kappa shape index (κ1) is 26.3. The van der Waals surface area contributed by atoms with Crippen molar-refractivity contribution in [3.05, 3.63) is 92.9 Å². The van der Waals surface area contributed by atoms with Crippen LogP contribution in [0.15, 0.2) is 71.6 Å². The van der Waals surface area contributed by atoms with Crippen LogP contribution in [-0.4, -0.2) is 32.3 Å². The fourth-order valence-corrected chi connectivity index (χ4v) is 5.27. The van der Waals surface area contributed by atoms with Gasteiger partial charge in [-0.3, -0.25) is 4.79 Å². The Morgan fingerprint density at radius 2 is 1.56 bits per heavy atom. The van der Waals surface area contributed by atoms with Crippen LogP contribution in [0.25, 0.3) is 0 Å². The van der Waals surface area contributed by atoms with E-state index in [1.807, 2.05) is 19.1 Å². The van der Waals surface area contributed by atoms with Gasteiger partial charge in [-0.25, -0.2) is 8.42 Å². The van der Waals surface area contributed by atoms with Gasteiger partial charge in [-0.05, 0) is 61.0 Å². The Morgan fingerprint density at radius 3 is 2.12 bits per heavy atom. The zero-order valence-corrected chi connectivity index (χ0v) is 21.5. The van der Waals surface area contributed by atoms with E-state index < -0.39 is 22.5 Å². The van der Waals surface area contributed by atoms with Gasteiger partial charge in [0.05, 0.1) is 24.6 Å². The highest BCUT2D eigenvalue weighted by atomic mass is 35.5. The number of carbonyl (C=O) groups excluding carboxylic acids is 1. The van der Waals surface area contributed by atoms with E-state index in [0.717, 1.165) is 9.87 Å². The fourth-order valence-electron chi connectivity index (χ4n) is 3.26. The molecule has 0 aliphatic rings. The van der Waals surface area contributed by atoms with Crippen LogP contribution in [0.5, 0.6) is 5.75 Å².